The molecular weight excluding hydrogens is 483 g/mol. The number of amides is 1. The van der Waals surface area contributed by atoms with Gasteiger partial charge >= 0.3 is 0 Å². The van der Waals surface area contributed by atoms with Crippen LogP contribution in [0.15, 0.2) is 65.1 Å². The first-order valence-corrected chi connectivity index (χ1v) is 12.1. The number of nitrogens with zero attached hydrogens (tertiary/aromatic N) is 1. The Balaban J connectivity index is 1.82. The number of carbonyl (C=O) groups excluding carboxylic acids is 1. The Labute approximate surface area is 190 Å². The lowest BCUT2D eigenvalue weighted by atomic mass is 10.1. The SMILES string of the molecule is Cc1cccc(C)c1N(Cc1ccc(C(=O)Nc2ccc(Br)cc2F)cc1)S(C)(=O)=O. The van der Waals surface area contributed by atoms with Crippen LogP contribution in [0.2, 0.25) is 0 Å². The number of hydrogen-bond acceptors (Lipinski definition) is 3. The van der Waals surface area contributed by atoms with Crippen LogP contribution >= 0.6 is 15.9 Å². The summed E-state index contributed by atoms with van der Waals surface area (Å²) in [6.07, 6.45) is 1.17. The van der Waals surface area contributed by atoms with Crippen LogP contribution in [0.1, 0.15) is 27.0 Å². The second kappa shape index (κ2) is 9.20. The van der Waals surface area contributed by atoms with Crippen LogP contribution in [0.4, 0.5) is 15.8 Å². The van der Waals surface area contributed by atoms with Crippen LogP contribution < -0.4 is 9.62 Å². The summed E-state index contributed by atoms with van der Waals surface area (Å²) in [5.74, 6) is -1.00. The third-order valence-electron chi connectivity index (χ3n) is 4.81. The van der Waals surface area contributed by atoms with Gasteiger partial charge in [-0.05, 0) is 60.9 Å². The molecule has 0 fully saturated rings. The minimum atomic E-state index is -3.53. The average Bonchev–Trinajstić information content (AvgIpc) is 2.69. The number of para-hydroxylation sites is 1. The van der Waals surface area contributed by atoms with Gasteiger partial charge in [-0.15, -0.1) is 0 Å². The molecule has 31 heavy (non-hydrogen) atoms. The Morgan fingerprint density at radius 3 is 2.19 bits per heavy atom. The van der Waals surface area contributed by atoms with Crippen molar-refractivity contribution in [3.63, 3.8) is 0 Å². The normalized spacial score (nSPS) is 11.3. The van der Waals surface area contributed by atoms with Crippen molar-refractivity contribution in [3.8, 4) is 0 Å². The molecule has 0 heterocycles. The van der Waals surface area contributed by atoms with Crippen molar-refractivity contribution in [1.82, 2.24) is 0 Å². The molecule has 0 atom stereocenters. The molecule has 0 aliphatic carbocycles. The summed E-state index contributed by atoms with van der Waals surface area (Å²) >= 11 is 3.17. The molecule has 162 valence electrons. The zero-order chi connectivity index (χ0) is 22.8. The minimum absolute atomic E-state index is 0.0792. The molecule has 0 unspecified atom stereocenters. The standard InChI is InChI=1S/C23H22BrFN2O3S/c1-15-5-4-6-16(2)22(15)27(31(3,29)30)14-17-7-9-18(10-8-17)23(28)26-21-12-11-19(24)13-20(21)25/h4-13H,14H2,1-3H3,(H,26,28). The van der Waals surface area contributed by atoms with Crippen molar-refractivity contribution in [1.29, 1.82) is 0 Å². The first-order chi connectivity index (χ1) is 14.6. The number of hydrogen-bond donors (Lipinski definition) is 1. The van der Waals surface area contributed by atoms with Gasteiger partial charge in [-0.25, -0.2) is 12.8 Å². The third-order valence-corrected chi connectivity index (χ3v) is 6.42. The molecule has 1 amide bonds. The van der Waals surface area contributed by atoms with E-state index in [1.807, 2.05) is 32.0 Å². The van der Waals surface area contributed by atoms with E-state index in [-0.39, 0.29) is 12.2 Å². The number of rotatable bonds is 6. The zero-order valence-electron chi connectivity index (χ0n) is 17.3. The Hall–Kier alpha value is -2.71. The molecule has 0 spiro atoms. The number of sulfonamides is 1. The van der Waals surface area contributed by atoms with Gasteiger partial charge in [0.15, 0.2) is 0 Å². The van der Waals surface area contributed by atoms with Crippen molar-refractivity contribution in [3.05, 3.63) is 93.2 Å². The van der Waals surface area contributed by atoms with Gasteiger partial charge in [0.2, 0.25) is 10.0 Å². The first kappa shape index (κ1) is 23.0. The van der Waals surface area contributed by atoms with Crippen molar-refractivity contribution in [2.24, 2.45) is 0 Å². The largest absolute Gasteiger partial charge is 0.319 e. The van der Waals surface area contributed by atoms with Crippen LogP contribution in [0, 0.1) is 19.7 Å². The van der Waals surface area contributed by atoms with E-state index in [4.69, 9.17) is 0 Å². The van der Waals surface area contributed by atoms with Gasteiger partial charge in [0, 0.05) is 10.0 Å². The monoisotopic (exact) mass is 504 g/mol. The minimum Gasteiger partial charge on any atom is -0.319 e. The van der Waals surface area contributed by atoms with Gasteiger partial charge < -0.3 is 5.32 Å². The summed E-state index contributed by atoms with van der Waals surface area (Å²) in [5, 5.41) is 2.54. The van der Waals surface area contributed by atoms with E-state index in [1.165, 1.54) is 22.7 Å². The fourth-order valence-corrected chi connectivity index (χ4v) is 4.61. The smallest absolute Gasteiger partial charge is 0.255 e. The second-order valence-corrected chi connectivity index (χ2v) is 10.1. The van der Waals surface area contributed by atoms with Gasteiger partial charge in [-0.2, -0.15) is 0 Å². The van der Waals surface area contributed by atoms with E-state index in [1.54, 1.807) is 30.3 Å². The Morgan fingerprint density at radius 2 is 1.65 bits per heavy atom. The van der Waals surface area contributed by atoms with E-state index >= 15 is 0 Å². The van der Waals surface area contributed by atoms with Gasteiger partial charge in [0.05, 0.1) is 24.2 Å². The van der Waals surface area contributed by atoms with Crippen molar-refractivity contribution in [2.75, 3.05) is 15.9 Å². The third kappa shape index (κ3) is 5.51. The number of benzene rings is 3. The van der Waals surface area contributed by atoms with Crippen LogP contribution in [0.5, 0.6) is 0 Å². The predicted molar refractivity (Wildman–Crippen MR) is 125 cm³/mol. The van der Waals surface area contributed by atoms with Crippen LogP contribution in [-0.2, 0) is 16.6 Å². The van der Waals surface area contributed by atoms with E-state index in [9.17, 15) is 17.6 Å². The molecule has 0 aliphatic heterocycles. The molecular formula is C23H22BrFN2O3S. The lowest BCUT2D eigenvalue weighted by Crippen LogP contribution is -2.30. The maximum Gasteiger partial charge on any atom is 0.255 e. The predicted octanol–water partition coefficient (Wildman–Crippen LogP) is 5.42. The summed E-state index contributed by atoms with van der Waals surface area (Å²) < 4.78 is 40.9. The summed E-state index contributed by atoms with van der Waals surface area (Å²) in [7, 11) is -3.53. The fourth-order valence-electron chi connectivity index (χ4n) is 3.27. The van der Waals surface area contributed by atoms with Gasteiger partial charge in [-0.1, -0.05) is 46.3 Å². The number of anilines is 2. The van der Waals surface area contributed by atoms with Crippen LogP contribution in [0.3, 0.4) is 0 Å². The molecule has 3 aromatic rings. The van der Waals surface area contributed by atoms with Crippen LogP contribution in [0.25, 0.3) is 0 Å². The maximum absolute atomic E-state index is 14.0. The highest BCUT2D eigenvalue weighted by Gasteiger charge is 2.21. The van der Waals surface area contributed by atoms with Crippen molar-refractivity contribution >= 4 is 43.2 Å². The van der Waals surface area contributed by atoms with E-state index < -0.39 is 21.7 Å². The summed E-state index contributed by atoms with van der Waals surface area (Å²) in [5.41, 5.74) is 3.51. The number of carbonyl (C=O) groups is 1. The molecule has 1 N–H and O–H groups in total. The van der Waals surface area contributed by atoms with E-state index in [0.717, 1.165) is 16.7 Å². The van der Waals surface area contributed by atoms with Gasteiger partial charge in [0.25, 0.3) is 5.91 Å². The molecule has 0 aromatic heterocycles. The second-order valence-electron chi connectivity index (χ2n) is 7.29. The Kier molecular flexibility index (Phi) is 6.81. The molecule has 0 bridgehead atoms. The fraction of sp³-hybridized carbons (Fsp3) is 0.174. The van der Waals surface area contributed by atoms with Crippen molar-refractivity contribution < 1.29 is 17.6 Å². The van der Waals surface area contributed by atoms with Crippen LogP contribution in [-0.4, -0.2) is 20.6 Å². The summed E-state index contributed by atoms with van der Waals surface area (Å²) in [4.78, 5) is 12.5. The number of aryl methyl sites for hydroxylation is 2. The first-order valence-electron chi connectivity index (χ1n) is 9.45. The quantitative estimate of drug-likeness (QED) is 0.487. The number of nitrogens with one attached hydrogen (secondary N) is 1. The summed E-state index contributed by atoms with van der Waals surface area (Å²) in [6, 6.07) is 16.6. The molecule has 0 aliphatic rings. The molecule has 0 radical (unpaired) electrons. The van der Waals surface area contributed by atoms with E-state index in [2.05, 4.69) is 21.2 Å². The Morgan fingerprint density at radius 1 is 1.03 bits per heavy atom. The molecule has 8 heteroatoms. The molecule has 3 aromatic carbocycles. The van der Waals surface area contributed by atoms with E-state index in [0.29, 0.717) is 15.7 Å². The van der Waals surface area contributed by atoms with Crippen molar-refractivity contribution in [2.45, 2.75) is 20.4 Å². The van der Waals surface area contributed by atoms with Gasteiger partial charge in [0.1, 0.15) is 5.82 Å². The lowest BCUT2D eigenvalue weighted by molar-refractivity contribution is 0.102. The molecule has 0 saturated heterocycles. The lowest BCUT2D eigenvalue weighted by Gasteiger charge is -2.26. The molecule has 5 nitrogen and oxygen atoms in total. The highest BCUT2D eigenvalue weighted by atomic mass is 79.9. The van der Waals surface area contributed by atoms with Gasteiger partial charge in [-0.3, -0.25) is 9.10 Å². The zero-order valence-corrected chi connectivity index (χ0v) is 19.7. The molecule has 3 rings (SSSR count). The average molecular weight is 505 g/mol. The number of halogens is 2. The highest BCUT2D eigenvalue weighted by Crippen LogP contribution is 2.28. The topological polar surface area (TPSA) is 66.5 Å². The molecule has 0 saturated carbocycles. The maximum atomic E-state index is 14.0. The Bertz CT molecular complexity index is 1210. The highest BCUT2D eigenvalue weighted by molar-refractivity contribution is 9.10. The summed E-state index contributed by atoms with van der Waals surface area (Å²) in [6.45, 7) is 3.87.